The van der Waals surface area contributed by atoms with Crippen LogP contribution in [0, 0.1) is 11.8 Å². The Balaban J connectivity index is 2.21. The number of anilines is 1. The van der Waals surface area contributed by atoms with Crippen molar-refractivity contribution in [3.8, 4) is 0 Å². The smallest absolute Gasteiger partial charge is 0.335 e. The Bertz CT molecular complexity index is 461. The van der Waals surface area contributed by atoms with Crippen LogP contribution < -0.4 is 4.90 Å². The van der Waals surface area contributed by atoms with E-state index in [1.54, 1.807) is 6.07 Å². The molecule has 2 unspecified atom stereocenters. The molecule has 1 N–H and O–H groups in total. The van der Waals surface area contributed by atoms with Gasteiger partial charge >= 0.3 is 5.97 Å². The lowest BCUT2D eigenvalue weighted by Gasteiger charge is -2.37. The van der Waals surface area contributed by atoms with E-state index in [1.807, 2.05) is 6.07 Å². The SMILES string of the molecule is CC1CCN(c2ccc(C(=O)O)cc2Cl)CC1C. The molecule has 3 nitrogen and oxygen atoms in total. The summed E-state index contributed by atoms with van der Waals surface area (Å²) in [5, 5.41) is 9.44. The molecule has 0 radical (unpaired) electrons. The molecule has 1 aromatic carbocycles. The molecule has 98 valence electrons. The molecule has 1 aliphatic heterocycles. The van der Waals surface area contributed by atoms with Crippen molar-refractivity contribution >= 4 is 23.3 Å². The van der Waals surface area contributed by atoms with E-state index in [4.69, 9.17) is 16.7 Å². The minimum atomic E-state index is -0.941. The molecule has 0 bridgehead atoms. The average Bonchev–Trinajstić information content (AvgIpc) is 2.32. The zero-order valence-corrected chi connectivity index (χ0v) is 11.4. The van der Waals surface area contributed by atoms with Crippen LogP contribution in [0.4, 0.5) is 5.69 Å². The van der Waals surface area contributed by atoms with E-state index in [-0.39, 0.29) is 5.56 Å². The van der Waals surface area contributed by atoms with Crippen molar-refractivity contribution in [2.24, 2.45) is 11.8 Å². The van der Waals surface area contributed by atoms with E-state index in [2.05, 4.69) is 18.7 Å². The molecule has 1 aromatic rings. The maximum atomic E-state index is 10.9. The highest BCUT2D eigenvalue weighted by Gasteiger charge is 2.24. The van der Waals surface area contributed by atoms with Crippen molar-refractivity contribution < 1.29 is 9.90 Å². The molecule has 0 amide bonds. The molecule has 4 heteroatoms. The normalized spacial score (nSPS) is 24.1. The number of hydrogen-bond acceptors (Lipinski definition) is 2. The topological polar surface area (TPSA) is 40.5 Å². The van der Waals surface area contributed by atoms with Crippen LogP contribution in [0.2, 0.25) is 5.02 Å². The molecule has 2 atom stereocenters. The second-order valence-electron chi connectivity index (χ2n) is 5.16. The lowest BCUT2D eigenvalue weighted by Crippen LogP contribution is -2.38. The lowest BCUT2D eigenvalue weighted by atomic mass is 9.88. The van der Waals surface area contributed by atoms with Crippen LogP contribution in [0.25, 0.3) is 0 Å². The van der Waals surface area contributed by atoms with Crippen molar-refractivity contribution in [3.05, 3.63) is 28.8 Å². The van der Waals surface area contributed by atoms with Crippen LogP contribution in [0.5, 0.6) is 0 Å². The number of hydrogen-bond donors (Lipinski definition) is 1. The summed E-state index contributed by atoms with van der Waals surface area (Å²) < 4.78 is 0. The third-order valence-corrected chi connectivity index (χ3v) is 4.17. The molecular formula is C14H18ClNO2. The number of aromatic carboxylic acids is 1. The van der Waals surface area contributed by atoms with E-state index in [0.29, 0.717) is 10.9 Å². The predicted octanol–water partition coefficient (Wildman–Crippen LogP) is 3.52. The van der Waals surface area contributed by atoms with Gasteiger partial charge in [-0.25, -0.2) is 4.79 Å². The minimum absolute atomic E-state index is 0.238. The highest BCUT2D eigenvalue weighted by molar-refractivity contribution is 6.33. The maximum Gasteiger partial charge on any atom is 0.335 e. The Hall–Kier alpha value is -1.22. The summed E-state index contributed by atoms with van der Waals surface area (Å²) in [6.45, 7) is 6.48. The molecule has 0 aromatic heterocycles. The Morgan fingerprint density at radius 3 is 2.67 bits per heavy atom. The number of nitrogens with zero attached hydrogens (tertiary/aromatic N) is 1. The van der Waals surface area contributed by atoms with Gasteiger partial charge in [-0.3, -0.25) is 0 Å². The Kier molecular flexibility index (Phi) is 3.81. The molecule has 1 heterocycles. The third-order valence-electron chi connectivity index (χ3n) is 3.87. The number of rotatable bonds is 2. The highest BCUT2D eigenvalue weighted by Crippen LogP contribution is 2.32. The fraction of sp³-hybridized carbons (Fsp3) is 0.500. The number of piperidine rings is 1. The first-order chi connectivity index (χ1) is 8.49. The van der Waals surface area contributed by atoms with Gasteiger partial charge in [-0.1, -0.05) is 25.4 Å². The van der Waals surface area contributed by atoms with E-state index >= 15 is 0 Å². The van der Waals surface area contributed by atoms with Crippen molar-refractivity contribution in [2.75, 3.05) is 18.0 Å². The van der Waals surface area contributed by atoms with Crippen LogP contribution in [0.1, 0.15) is 30.6 Å². The zero-order chi connectivity index (χ0) is 13.3. The van der Waals surface area contributed by atoms with E-state index in [9.17, 15) is 4.79 Å². The molecule has 1 saturated heterocycles. The van der Waals surface area contributed by atoms with Gasteiger partial charge in [-0.15, -0.1) is 0 Å². The van der Waals surface area contributed by atoms with Gasteiger partial charge in [0.05, 0.1) is 16.3 Å². The number of carbonyl (C=O) groups is 1. The minimum Gasteiger partial charge on any atom is -0.478 e. The Morgan fingerprint density at radius 1 is 1.39 bits per heavy atom. The monoisotopic (exact) mass is 267 g/mol. The van der Waals surface area contributed by atoms with Gasteiger partial charge in [-0.05, 0) is 36.5 Å². The number of benzene rings is 1. The lowest BCUT2D eigenvalue weighted by molar-refractivity contribution is 0.0697. The van der Waals surface area contributed by atoms with Gasteiger partial charge in [0.1, 0.15) is 0 Å². The van der Waals surface area contributed by atoms with Gasteiger partial charge in [0.2, 0.25) is 0 Å². The molecule has 1 aliphatic rings. The summed E-state index contributed by atoms with van der Waals surface area (Å²) in [5.41, 5.74) is 1.18. The van der Waals surface area contributed by atoms with Gasteiger partial charge in [0, 0.05) is 13.1 Å². The van der Waals surface area contributed by atoms with Crippen molar-refractivity contribution in [2.45, 2.75) is 20.3 Å². The predicted molar refractivity (Wildman–Crippen MR) is 73.6 cm³/mol. The zero-order valence-electron chi connectivity index (χ0n) is 10.7. The van der Waals surface area contributed by atoms with Gasteiger partial charge in [0.25, 0.3) is 0 Å². The number of carboxylic acids is 1. The molecule has 0 saturated carbocycles. The van der Waals surface area contributed by atoms with Crippen LogP contribution in [-0.4, -0.2) is 24.2 Å². The molecule has 2 rings (SSSR count). The van der Waals surface area contributed by atoms with Crippen LogP contribution in [0.3, 0.4) is 0 Å². The Labute approximate surface area is 112 Å². The van der Waals surface area contributed by atoms with Crippen LogP contribution in [-0.2, 0) is 0 Å². The molecular weight excluding hydrogens is 250 g/mol. The summed E-state index contributed by atoms with van der Waals surface area (Å²) in [5.74, 6) is 0.427. The molecule has 1 fully saturated rings. The van der Waals surface area contributed by atoms with Gasteiger partial charge in [0.15, 0.2) is 0 Å². The summed E-state index contributed by atoms with van der Waals surface area (Å²) in [6, 6.07) is 4.96. The first-order valence-corrected chi connectivity index (χ1v) is 6.64. The van der Waals surface area contributed by atoms with Crippen molar-refractivity contribution in [1.29, 1.82) is 0 Å². The second-order valence-corrected chi connectivity index (χ2v) is 5.57. The van der Waals surface area contributed by atoms with E-state index in [0.717, 1.165) is 31.1 Å². The maximum absolute atomic E-state index is 10.9. The summed E-state index contributed by atoms with van der Waals surface area (Å²) in [6.07, 6.45) is 1.15. The van der Waals surface area contributed by atoms with Crippen LogP contribution in [0.15, 0.2) is 18.2 Å². The van der Waals surface area contributed by atoms with Crippen molar-refractivity contribution in [3.63, 3.8) is 0 Å². The number of carboxylic acid groups (broad SMARTS) is 1. The fourth-order valence-electron chi connectivity index (χ4n) is 2.38. The molecule has 18 heavy (non-hydrogen) atoms. The van der Waals surface area contributed by atoms with E-state index in [1.165, 1.54) is 6.07 Å². The molecule has 0 aliphatic carbocycles. The summed E-state index contributed by atoms with van der Waals surface area (Å²) in [7, 11) is 0. The quantitative estimate of drug-likeness (QED) is 0.891. The first-order valence-electron chi connectivity index (χ1n) is 6.27. The Morgan fingerprint density at radius 2 is 2.11 bits per heavy atom. The van der Waals surface area contributed by atoms with Gasteiger partial charge in [-0.2, -0.15) is 0 Å². The fourth-order valence-corrected chi connectivity index (χ4v) is 2.68. The largest absolute Gasteiger partial charge is 0.478 e. The third kappa shape index (κ3) is 2.61. The molecule has 0 spiro atoms. The van der Waals surface area contributed by atoms with Gasteiger partial charge < -0.3 is 10.0 Å². The number of halogens is 1. The highest BCUT2D eigenvalue weighted by atomic mass is 35.5. The van der Waals surface area contributed by atoms with E-state index < -0.39 is 5.97 Å². The van der Waals surface area contributed by atoms with Crippen molar-refractivity contribution in [1.82, 2.24) is 0 Å². The average molecular weight is 268 g/mol. The standard InChI is InChI=1S/C14H18ClNO2/c1-9-5-6-16(8-10(9)2)13-4-3-11(14(17)18)7-12(13)15/h3-4,7,9-10H,5-6,8H2,1-2H3,(H,17,18). The first kappa shape index (κ1) is 13.2. The second kappa shape index (κ2) is 5.19. The summed E-state index contributed by atoms with van der Waals surface area (Å²) >= 11 is 6.19. The van der Waals surface area contributed by atoms with Crippen LogP contribution >= 0.6 is 11.6 Å². The summed E-state index contributed by atoms with van der Waals surface area (Å²) in [4.78, 5) is 13.1.